The van der Waals surface area contributed by atoms with Gasteiger partial charge in [-0.25, -0.2) is 12.7 Å². The topological polar surface area (TPSA) is 57.6 Å². The van der Waals surface area contributed by atoms with Crippen LogP contribution < -0.4 is 0 Å². The minimum Gasteiger partial charge on any atom is -0.393 e. The SMILES string of the molecule is CC(O)CCN(C)S(=O)(=O)C(C)(C)C. The fourth-order valence-electron chi connectivity index (χ4n) is 0.956. The van der Waals surface area contributed by atoms with E-state index in [2.05, 4.69) is 0 Å². The lowest BCUT2D eigenvalue weighted by Crippen LogP contribution is -2.41. The Morgan fingerprint density at radius 2 is 1.79 bits per heavy atom. The number of aliphatic hydroxyl groups excluding tert-OH is 1. The van der Waals surface area contributed by atoms with Gasteiger partial charge >= 0.3 is 0 Å². The van der Waals surface area contributed by atoms with Crippen LogP contribution in [0.25, 0.3) is 0 Å². The number of nitrogens with zero attached hydrogens (tertiary/aromatic N) is 1. The van der Waals surface area contributed by atoms with Gasteiger partial charge in [-0.1, -0.05) is 0 Å². The Labute approximate surface area is 87.0 Å². The highest BCUT2D eigenvalue weighted by atomic mass is 32.2. The van der Waals surface area contributed by atoms with Gasteiger partial charge in [-0.05, 0) is 34.1 Å². The lowest BCUT2D eigenvalue weighted by Gasteiger charge is -2.27. The molecule has 0 fully saturated rings. The smallest absolute Gasteiger partial charge is 0.218 e. The molecule has 0 aliphatic carbocycles. The normalized spacial score (nSPS) is 15.9. The minimum absolute atomic E-state index is 0.358. The summed E-state index contributed by atoms with van der Waals surface area (Å²) in [4.78, 5) is 0. The molecule has 0 radical (unpaired) electrons. The third kappa shape index (κ3) is 3.55. The highest BCUT2D eigenvalue weighted by Gasteiger charge is 2.32. The van der Waals surface area contributed by atoms with Crippen LogP contribution in [0, 0.1) is 0 Å². The molecule has 0 amide bonds. The number of sulfonamides is 1. The maximum absolute atomic E-state index is 11.8. The minimum atomic E-state index is -3.25. The molecule has 0 spiro atoms. The lowest BCUT2D eigenvalue weighted by molar-refractivity contribution is 0.177. The maximum Gasteiger partial charge on any atom is 0.218 e. The standard InChI is InChI=1S/C9H21NO3S/c1-8(11)6-7-10(5)14(12,13)9(2,3)4/h8,11H,6-7H2,1-5H3. The van der Waals surface area contributed by atoms with Crippen molar-refractivity contribution >= 4 is 10.0 Å². The fourth-order valence-corrected chi connectivity index (χ4v) is 2.24. The number of rotatable bonds is 4. The first kappa shape index (κ1) is 13.9. The molecule has 0 rings (SSSR count). The highest BCUT2D eigenvalue weighted by molar-refractivity contribution is 7.90. The Morgan fingerprint density at radius 3 is 2.07 bits per heavy atom. The predicted molar refractivity (Wildman–Crippen MR) is 57.6 cm³/mol. The average molecular weight is 223 g/mol. The van der Waals surface area contributed by atoms with E-state index in [0.717, 1.165) is 0 Å². The molecule has 0 saturated carbocycles. The third-order valence-electron chi connectivity index (χ3n) is 2.05. The monoisotopic (exact) mass is 223 g/mol. The quantitative estimate of drug-likeness (QED) is 0.767. The second-order valence-electron chi connectivity index (χ2n) is 4.58. The second-order valence-corrected chi connectivity index (χ2v) is 7.37. The average Bonchev–Trinajstić information content (AvgIpc) is 1.97. The number of aliphatic hydroxyl groups is 1. The molecule has 0 aliphatic heterocycles. The van der Waals surface area contributed by atoms with Crippen LogP contribution in [0.3, 0.4) is 0 Å². The molecule has 1 unspecified atom stereocenters. The van der Waals surface area contributed by atoms with Gasteiger partial charge in [0, 0.05) is 13.6 Å². The number of hydrogen-bond acceptors (Lipinski definition) is 3. The summed E-state index contributed by atoms with van der Waals surface area (Å²) >= 11 is 0. The molecule has 0 saturated heterocycles. The van der Waals surface area contributed by atoms with Crippen molar-refractivity contribution < 1.29 is 13.5 Å². The van der Waals surface area contributed by atoms with Crippen LogP contribution in [0.1, 0.15) is 34.1 Å². The van der Waals surface area contributed by atoms with Crippen molar-refractivity contribution in [3.63, 3.8) is 0 Å². The Bertz CT molecular complexity index is 264. The Hall–Kier alpha value is -0.130. The largest absolute Gasteiger partial charge is 0.393 e. The van der Waals surface area contributed by atoms with Gasteiger partial charge in [-0.2, -0.15) is 0 Å². The molecule has 1 N–H and O–H groups in total. The van der Waals surface area contributed by atoms with Gasteiger partial charge in [-0.15, -0.1) is 0 Å². The van der Waals surface area contributed by atoms with E-state index in [4.69, 9.17) is 5.11 Å². The summed E-state index contributed by atoms with van der Waals surface area (Å²) in [7, 11) is -1.71. The van der Waals surface area contributed by atoms with Gasteiger partial charge in [0.25, 0.3) is 0 Å². The Kier molecular flexibility index (Phi) is 4.55. The van der Waals surface area contributed by atoms with Crippen molar-refractivity contribution in [2.24, 2.45) is 0 Å². The zero-order valence-electron chi connectivity index (χ0n) is 9.61. The van der Waals surface area contributed by atoms with Crippen LogP contribution in [0.4, 0.5) is 0 Å². The van der Waals surface area contributed by atoms with Gasteiger partial charge in [0.2, 0.25) is 10.0 Å². The van der Waals surface area contributed by atoms with Crippen LogP contribution in [-0.2, 0) is 10.0 Å². The van der Waals surface area contributed by atoms with Crippen LogP contribution in [0.15, 0.2) is 0 Å². The van der Waals surface area contributed by atoms with Crippen LogP contribution in [-0.4, -0.2) is 42.3 Å². The molecular formula is C9H21NO3S. The highest BCUT2D eigenvalue weighted by Crippen LogP contribution is 2.18. The van der Waals surface area contributed by atoms with Gasteiger partial charge in [-0.3, -0.25) is 0 Å². The molecular weight excluding hydrogens is 202 g/mol. The molecule has 14 heavy (non-hydrogen) atoms. The molecule has 0 bridgehead atoms. The summed E-state index contributed by atoms with van der Waals surface area (Å²) in [5, 5.41) is 9.05. The van der Waals surface area contributed by atoms with E-state index in [1.807, 2.05) is 0 Å². The van der Waals surface area contributed by atoms with Crippen molar-refractivity contribution in [2.75, 3.05) is 13.6 Å². The Balaban J connectivity index is 4.47. The summed E-state index contributed by atoms with van der Waals surface area (Å²) in [6.45, 7) is 7.01. The van der Waals surface area contributed by atoms with E-state index in [1.54, 1.807) is 34.7 Å². The van der Waals surface area contributed by atoms with Crippen LogP contribution in [0.2, 0.25) is 0 Å². The van der Waals surface area contributed by atoms with Crippen molar-refractivity contribution in [2.45, 2.75) is 45.0 Å². The van der Waals surface area contributed by atoms with E-state index in [9.17, 15) is 8.42 Å². The zero-order valence-corrected chi connectivity index (χ0v) is 10.4. The molecule has 1 atom stereocenters. The zero-order chi connectivity index (χ0) is 11.6. The summed E-state index contributed by atoms with van der Waals surface area (Å²) < 4.78 is 24.1. The van der Waals surface area contributed by atoms with Crippen molar-refractivity contribution in [1.29, 1.82) is 0 Å². The van der Waals surface area contributed by atoms with E-state index >= 15 is 0 Å². The van der Waals surface area contributed by atoms with Gasteiger partial charge in [0.1, 0.15) is 0 Å². The maximum atomic E-state index is 11.8. The first-order valence-corrected chi connectivity index (χ1v) is 6.17. The van der Waals surface area contributed by atoms with Gasteiger partial charge in [0.15, 0.2) is 0 Å². The van der Waals surface area contributed by atoms with E-state index in [1.165, 1.54) is 4.31 Å². The van der Waals surface area contributed by atoms with Gasteiger partial charge < -0.3 is 5.11 Å². The van der Waals surface area contributed by atoms with Crippen molar-refractivity contribution in [1.82, 2.24) is 4.31 Å². The molecule has 0 aliphatic rings. The van der Waals surface area contributed by atoms with Crippen LogP contribution >= 0.6 is 0 Å². The molecule has 0 heterocycles. The van der Waals surface area contributed by atoms with E-state index < -0.39 is 20.9 Å². The van der Waals surface area contributed by atoms with E-state index in [-0.39, 0.29) is 0 Å². The molecule has 4 nitrogen and oxygen atoms in total. The molecule has 86 valence electrons. The number of hydrogen-bond donors (Lipinski definition) is 1. The fraction of sp³-hybridized carbons (Fsp3) is 1.00. The molecule has 0 aromatic carbocycles. The first-order valence-electron chi connectivity index (χ1n) is 4.73. The van der Waals surface area contributed by atoms with Crippen molar-refractivity contribution in [3.05, 3.63) is 0 Å². The molecule has 0 aromatic heterocycles. The summed E-state index contributed by atoms with van der Waals surface area (Å²) in [5.74, 6) is 0. The molecule has 0 aromatic rings. The summed E-state index contributed by atoms with van der Waals surface area (Å²) in [5.41, 5.74) is 0. The van der Waals surface area contributed by atoms with Crippen LogP contribution in [0.5, 0.6) is 0 Å². The predicted octanol–water partition coefficient (Wildman–Crippen LogP) is 0.817. The third-order valence-corrected chi connectivity index (χ3v) is 4.60. The Morgan fingerprint density at radius 1 is 1.36 bits per heavy atom. The van der Waals surface area contributed by atoms with E-state index in [0.29, 0.717) is 13.0 Å². The second kappa shape index (κ2) is 4.59. The summed E-state index contributed by atoms with van der Waals surface area (Å²) in [6.07, 6.45) is -0.00107. The van der Waals surface area contributed by atoms with Crippen molar-refractivity contribution in [3.8, 4) is 0 Å². The first-order chi connectivity index (χ1) is 6.09. The molecule has 5 heteroatoms. The summed E-state index contributed by atoms with van der Waals surface area (Å²) in [6, 6.07) is 0. The van der Waals surface area contributed by atoms with Gasteiger partial charge in [0.05, 0.1) is 10.9 Å². The lowest BCUT2D eigenvalue weighted by atomic mass is 10.3.